The molecule has 3 aromatic carbocycles. The number of benzene rings is 3. The molecule has 1 aliphatic heterocycles. The summed E-state index contributed by atoms with van der Waals surface area (Å²) in [5.74, 6) is -0.0806. The lowest BCUT2D eigenvalue weighted by atomic mass is 10.1. The average molecular weight is 595 g/mol. The second-order valence-corrected chi connectivity index (χ2v) is 10.1. The smallest absolute Gasteiger partial charge is 0.273 e. The number of hydrogen-bond donors (Lipinski definition) is 3. The molecule has 9 nitrogen and oxygen atoms in total. The highest BCUT2D eigenvalue weighted by molar-refractivity contribution is 9.10. The van der Waals surface area contributed by atoms with Crippen molar-refractivity contribution in [2.45, 2.75) is 6.54 Å². The van der Waals surface area contributed by atoms with Gasteiger partial charge in [0.1, 0.15) is 5.75 Å². The van der Waals surface area contributed by atoms with Gasteiger partial charge in [0.15, 0.2) is 0 Å². The van der Waals surface area contributed by atoms with Gasteiger partial charge in [-0.1, -0.05) is 40.2 Å². The highest BCUT2D eigenvalue weighted by Gasteiger charge is 2.18. The first-order chi connectivity index (χ1) is 18.9. The van der Waals surface area contributed by atoms with E-state index < -0.39 is 5.91 Å². The number of piperazine rings is 1. The lowest BCUT2D eigenvalue weighted by molar-refractivity contribution is 0.0956. The zero-order chi connectivity index (χ0) is 27.6. The molecule has 0 atom stereocenters. The van der Waals surface area contributed by atoms with Crippen molar-refractivity contribution in [2.24, 2.45) is 5.10 Å². The van der Waals surface area contributed by atoms with E-state index in [9.17, 15) is 9.59 Å². The topological polar surface area (TPSA) is 106 Å². The van der Waals surface area contributed by atoms with Crippen LogP contribution in [-0.4, -0.2) is 79.4 Å². The zero-order valence-corrected chi connectivity index (χ0v) is 23.4. The zero-order valence-electron chi connectivity index (χ0n) is 21.8. The van der Waals surface area contributed by atoms with Crippen LogP contribution in [0.1, 0.15) is 31.8 Å². The van der Waals surface area contributed by atoms with Gasteiger partial charge in [0.05, 0.1) is 31.2 Å². The molecular weight excluding hydrogens is 562 g/mol. The van der Waals surface area contributed by atoms with Crippen molar-refractivity contribution in [3.05, 3.63) is 93.5 Å². The number of ether oxygens (including phenoxy) is 1. The lowest BCUT2D eigenvalue weighted by Crippen LogP contribution is -2.46. The van der Waals surface area contributed by atoms with Crippen LogP contribution >= 0.6 is 15.9 Å². The lowest BCUT2D eigenvalue weighted by Gasteiger charge is -2.34. The molecule has 0 aliphatic carbocycles. The molecule has 1 heterocycles. The van der Waals surface area contributed by atoms with Gasteiger partial charge in [0.2, 0.25) is 0 Å². The fourth-order valence-electron chi connectivity index (χ4n) is 4.29. The number of rotatable bonds is 10. The minimum atomic E-state index is -0.458. The van der Waals surface area contributed by atoms with Gasteiger partial charge in [-0.2, -0.15) is 5.10 Å². The first-order valence-electron chi connectivity index (χ1n) is 12.7. The summed E-state index contributed by atoms with van der Waals surface area (Å²) in [6, 6.07) is 19.9. The average Bonchev–Trinajstić information content (AvgIpc) is 2.95. The maximum absolute atomic E-state index is 13.0. The number of aliphatic hydroxyl groups is 1. The van der Waals surface area contributed by atoms with Crippen molar-refractivity contribution < 1.29 is 19.4 Å². The maximum atomic E-state index is 13.0. The molecule has 2 amide bonds. The Hall–Kier alpha value is -3.57. The first kappa shape index (κ1) is 28.4. The fraction of sp³-hybridized carbons (Fsp3) is 0.276. The van der Waals surface area contributed by atoms with E-state index in [0.29, 0.717) is 21.5 Å². The molecule has 1 aliphatic rings. The molecule has 0 radical (unpaired) electrons. The van der Waals surface area contributed by atoms with Crippen LogP contribution in [0.4, 0.5) is 5.69 Å². The van der Waals surface area contributed by atoms with Crippen molar-refractivity contribution in [3.8, 4) is 5.75 Å². The molecule has 0 bridgehead atoms. The third-order valence-electron chi connectivity index (χ3n) is 6.45. The SMILES string of the molecule is COc1cccc(/C=N/NC(=O)c2cc(Br)ccc2NC(=O)c2ccc(CN3CCN(CCO)CC3)cc2)c1. The molecular formula is C29H32BrN5O4. The van der Waals surface area contributed by atoms with Crippen molar-refractivity contribution in [3.63, 3.8) is 0 Å². The van der Waals surface area contributed by atoms with Crippen LogP contribution in [0.3, 0.4) is 0 Å². The number of hydrazone groups is 1. The van der Waals surface area contributed by atoms with E-state index in [2.05, 4.69) is 41.6 Å². The molecule has 204 valence electrons. The number of hydrogen-bond acceptors (Lipinski definition) is 7. The highest BCUT2D eigenvalue weighted by atomic mass is 79.9. The number of halogens is 1. The number of methoxy groups -OCH3 is 1. The number of nitrogens with one attached hydrogen (secondary N) is 2. The monoisotopic (exact) mass is 593 g/mol. The number of β-amino-alcohol motifs (C(OH)–C–C–N with tert-alkyl or cyclic N) is 1. The molecule has 0 spiro atoms. The van der Waals surface area contributed by atoms with Crippen LogP contribution in [0.5, 0.6) is 5.75 Å². The Kier molecular flexibility index (Phi) is 10.2. The van der Waals surface area contributed by atoms with Crippen LogP contribution in [0.25, 0.3) is 0 Å². The van der Waals surface area contributed by atoms with E-state index in [1.807, 2.05) is 30.3 Å². The van der Waals surface area contributed by atoms with E-state index in [1.165, 1.54) is 6.21 Å². The Morgan fingerprint density at radius 3 is 2.46 bits per heavy atom. The van der Waals surface area contributed by atoms with Crippen LogP contribution in [0.15, 0.2) is 76.3 Å². The van der Waals surface area contributed by atoms with Gasteiger partial charge in [-0.15, -0.1) is 0 Å². The van der Waals surface area contributed by atoms with E-state index >= 15 is 0 Å². The van der Waals surface area contributed by atoms with Gasteiger partial charge in [-0.25, -0.2) is 5.43 Å². The number of amides is 2. The second kappa shape index (κ2) is 14.0. The number of nitrogens with zero attached hydrogens (tertiary/aromatic N) is 3. The third kappa shape index (κ3) is 8.21. The predicted octanol–water partition coefficient (Wildman–Crippen LogP) is 3.58. The van der Waals surface area contributed by atoms with E-state index in [4.69, 9.17) is 9.84 Å². The Morgan fingerprint density at radius 1 is 1.00 bits per heavy atom. The molecule has 0 saturated carbocycles. The minimum Gasteiger partial charge on any atom is -0.497 e. The highest BCUT2D eigenvalue weighted by Crippen LogP contribution is 2.22. The fourth-order valence-corrected chi connectivity index (χ4v) is 4.65. The van der Waals surface area contributed by atoms with Crippen LogP contribution in [0.2, 0.25) is 0 Å². The Bertz CT molecular complexity index is 1310. The van der Waals surface area contributed by atoms with E-state index in [1.54, 1.807) is 43.5 Å². The van der Waals surface area contributed by atoms with Crippen molar-refractivity contribution in [2.75, 3.05) is 51.8 Å². The van der Waals surface area contributed by atoms with Gasteiger partial charge in [0, 0.05) is 49.3 Å². The molecule has 0 aromatic heterocycles. The number of aliphatic hydroxyl groups excluding tert-OH is 1. The number of carbonyl (C=O) groups excluding carboxylic acids is 2. The number of anilines is 1. The Labute approximate surface area is 236 Å². The summed E-state index contributed by atoms with van der Waals surface area (Å²) >= 11 is 3.39. The van der Waals surface area contributed by atoms with Gasteiger partial charge < -0.3 is 15.2 Å². The third-order valence-corrected chi connectivity index (χ3v) is 6.94. The van der Waals surface area contributed by atoms with Crippen LogP contribution < -0.4 is 15.5 Å². The summed E-state index contributed by atoms with van der Waals surface area (Å²) in [5, 5.41) is 16.0. The standard InChI is InChI=1S/C29H32BrN5O4/c1-39-25-4-2-3-22(17-25)19-31-33-29(38)26-18-24(30)9-10-27(26)32-28(37)23-7-5-21(6-8-23)20-35-13-11-34(12-14-35)15-16-36/h2-10,17-19,36H,11-16,20H2,1H3,(H,32,37)(H,33,38)/b31-19+. The Balaban J connectivity index is 1.36. The van der Waals surface area contributed by atoms with Crippen molar-refractivity contribution in [1.29, 1.82) is 0 Å². The van der Waals surface area contributed by atoms with Crippen molar-refractivity contribution >= 4 is 39.6 Å². The van der Waals surface area contributed by atoms with Gasteiger partial charge in [-0.05, 0) is 53.6 Å². The summed E-state index contributed by atoms with van der Waals surface area (Å²) in [6.45, 7) is 5.49. The summed E-state index contributed by atoms with van der Waals surface area (Å²) in [7, 11) is 1.58. The molecule has 3 N–H and O–H groups in total. The molecule has 1 fully saturated rings. The van der Waals surface area contributed by atoms with Crippen LogP contribution in [0, 0.1) is 0 Å². The largest absolute Gasteiger partial charge is 0.497 e. The molecule has 3 aromatic rings. The van der Waals surface area contributed by atoms with Crippen LogP contribution in [-0.2, 0) is 6.54 Å². The molecule has 10 heteroatoms. The summed E-state index contributed by atoms with van der Waals surface area (Å²) in [5.41, 5.74) is 5.56. The molecule has 0 unspecified atom stereocenters. The quantitative estimate of drug-likeness (QED) is 0.245. The van der Waals surface area contributed by atoms with E-state index in [-0.39, 0.29) is 18.1 Å². The second-order valence-electron chi connectivity index (χ2n) is 9.16. The summed E-state index contributed by atoms with van der Waals surface area (Å²) in [6.07, 6.45) is 1.52. The molecule has 1 saturated heterocycles. The normalized spacial score (nSPS) is 14.3. The van der Waals surface area contributed by atoms with Gasteiger partial charge >= 0.3 is 0 Å². The summed E-state index contributed by atoms with van der Waals surface area (Å²) < 4.78 is 5.90. The predicted molar refractivity (Wildman–Crippen MR) is 155 cm³/mol. The summed E-state index contributed by atoms with van der Waals surface area (Å²) in [4.78, 5) is 30.5. The molecule has 39 heavy (non-hydrogen) atoms. The number of carbonyl (C=O) groups is 2. The molecule has 4 rings (SSSR count). The minimum absolute atomic E-state index is 0.189. The van der Waals surface area contributed by atoms with Gasteiger partial charge in [-0.3, -0.25) is 19.4 Å². The Morgan fingerprint density at radius 2 is 1.74 bits per heavy atom. The van der Waals surface area contributed by atoms with E-state index in [0.717, 1.165) is 50.4 Å². The van der Waals surface area contributed by atoms with Gasteiger partial charge in [0.25, 0.3) is 11.8 Å². The van der Waals surface area contributed by atoms with Crippen molar-refractivity contribution in [1.82, 2.24) is 15.2 Å². The first-order valence-corrected chi connectivity index (χ1v) is 13.5. The maximum Gasteiger partial charge on any atom is 0.273 e.